The molecule has 1 aliphatic carbocycles. The first-order valence-corrected chi connectivity index (χ1v) is 5.78. The Bertz CT molecular complexity index is 368. The van der Waals surface area contributed by atoms with E-state index in [0.29, 0.717) is 12.0 Å². The van der Waals surface area contributed by atoms with E-state index in [1.165, 1.54) is 18.5 Å². The molecule has 1 heteroatoms. The van der Waals surface area contributed by atoms with Crippen LogP contribution in [0.1, 0.15) is 17.9 Å². The minimum absolute atomic E-state index is 0.623. The van der Waals surface area contributed by atoms with Gasteiger partial charge in [-0.1, -0.05) is 42.5 Å². The first-order valence-electron chi connectivity index (χ1n) is 5.78. The molecule has 4 rings (SSSR count). The molecule has 2 aliphatic heterocycles. The fourth-order valence-electron chi connectivity index (χ4n) is 3.06. The van der Waals surface area contributed by atoms with Crippen molar-refractivity contribution in [3.05, 3.63) is 48.0 Å². The number of hydrogen-bond donors (Lipinski definition) is 0. The fourth-order valence-corrected chi connectivity index (χ4v) is 3.06. The fraction of sp³-hybridized carbons (Fsp3) is 0.429. The molecule has 0 aromatic heterocycles. The van der Waals surface area contributed by atoms with E-state index in [4.69, 9.17) is 0 Å². The summed E-state index contributed by atoms with van der Waals surface area (Å²) in [4.78, 5) is 2.49. The Morgan fingerprint density at radius 2 is 1.93 bits per heavy atom. The van der Waals surface area contributed by atoms with Gasteiger partial charge in [-0.2, -0.15) is 0 Å². The van der Waals surface area contributed by atoms with Crippen molar-refractivity contribution in [2.24, 2.45) is 5.92 Å². The lowest BCUT2D eigenvalue weighted by molar-refractivity contribution is 0.147. The van der Waals surface area contributed by atoms with Crippen LogP contribution in [0.2, 0.25) is 0 Å². The maximum atomic E-state index is 2.49. The van der Waals surface area contributed by atoms with Crippen molar-refractivity contribution in [2.45, 2.75) is 18.4 Å². The van der Waals surface area contributed by atoms with E-state index < -0.39 is 0 Å². The van der Waals surface area contributed by atoms with E-state index in [0.717, 1.165) is 5.92 Å². The molecule has 1 nitrogen and oxygen atoms in total. The zero-order valence-electron chi connectivity index (χ0n) is 9.13. The van der Waals surface area contributed by atoms with Crippen LogP contribution in [0, 0.1) is 5.92 Å². The molecule has 0 N–H and O–H groups in total. The van der Waals surface area contributed by atoms with Gasteiger partial charge in [0.1, 0.15) is 0 Å². The zero-order chi connectivity index (χ0) is 10.3. The van der Waals surface area contributed by atoms with E-state index in [2.05, 4.69) is 54.4 Å². The summed E-state index contributed by atoms with van der Waals surface area (Å²) in [7, 11) is 2.25. The van der Waals surface area contributed by atoms with Crippen LogP contribution in [0.25, 0.3) is 0 Å². The van der Waals surface area contributed by atoms with Crippen molar-refractivity contribution in [1.29, 1.82) is 0 Å². The molecule has 3 unspecified atom stereocenters. The molecule has 15 heavy (non-hydrogen) atoms. The third-order valence-corrected chi connectivity index (χ3v) is 3.81. The van der Waals surface area contributed by atoms with Gasteiger partial charge in [0, 0.05) is 18.5 Å². The van der Waals surface area contributed by atoms with Crippen LogP contribution in [-0.2, 0) is 0 Å². The molecule has 0 spiro atoms. The molecule has 1 aromatic rings. The van der Waals surface area contributed by atoms with E-state index in [-0.39, 0.29) is 0 Å². The molecule has 1 saturated heterocycles. The number of benzene rings is 1. The van der Waals surface area contributed by atoms with Crippen molar-refractivity contribution >= 4 is 0 Å². The van der Waals surface area contributed by atoms with E-state index >= 15 is 0 Å². The Labute approximate surface area is 91.4 Å². The molecule has 0 amide bonds. The molecular weight excluding hydrogens is 182 g/mol. The van der Waals surface area contributed by atoms with Crippen molar-refractivity contribution in [3.63, 3.8) is 0 Å². The first-order chi connectivity index (χ1) is 7.34. The van der Waals surface area contributed by atoms with Gasteiger partial charge in [0.05, 0.1) is 0 Å². The average molecular weight is 199 g/mol. The topological polar surface area (TPSA) is 3.24 Å². The van der Waals surface area contributed by atoms with Gasteiger partial charge in [-0.15, -0.1) is 0 Å². The summed E-state index contributed by atoms with van der Waals surface area (Å²) in [5.41, 5.74) is 1.50. The van der Waals surface area contributed by atoms with Gasteiger partial charge < -0.3 is 0 Å². The zero-order valence-corrected chi connectivity index (χ0v) is 9.13. The summed E-state index contributed by atoms with van der Waals surface area (Å²) < 4.78 is 0. The molecule has 1 fully saturated rings. The van der Waals surface area contributed by atoms with E-state index in [1.54, 1.807) is 0 Å². The third-order valence-electron chi connectivity index (χ3n) is 3.81. The minimum atomic E-state index is 0.623. The van der Waals surface area contributed by atoms with Crippen LogP contribution in [0.15, 0.2) is 42.5 Å². The molecule has 2 heterocycles. The maximum absolute atomic E-state index is 2.49. The standard InChI is InChI=1S/C14H17N/c1-15-10-11-7-8-14(15)13(9-11)12-5-3-2-4-6-12/h2-8,11,13-14H,9-10H2,1H3. The summed E-state index contributed by atoms with van der Waals surface area (Å²) >= 11 is 0. The molecule has 3 aliphatic rings. The third kappa shape index (κ3) is 1.51. The van der Waals surface area contributed by atoms with Gasteiger partial charge in [-0.25, -0.2) is 0 Å². The van der Waals surface area contributed by atoms with Gasteiger partial charge >= 0.3 is 0 Å². The van der Waals surface area contributed by atoms with Crippen molar-refractivity contribution in [1.82, 2.24) is 4.90 Å². The Kier molecular flexibility index (Phi) is 2.14. The van der Waals surface area contributed by atoms with Gasteiger partial charge in [-0.05, 0) is 24.9 Å². The normalized spacial score (nSPS) is 34.6. The Hall–Kier alpha value is -1.08. The number of nitrogens with zero attached hydrogens (tertiary/aromatic N) is 1. The Balaban J connectivity index is 1.93. The Morgan fingerprint density at radius 1 is 1.13 bits per heavy atom. The molecule has 78 valence electrons. The number of likely N-dealkylation sites (N-methyl/N-ethyl adjacent to an activating group) is 1. The predicted octanol–water partition coefficient (Wildman–Crippen LogP) is 2.66. The molecule has 0 radical (unpaired) electrons. The van der Waals surface area contributed by atoms with Gasteiger partial charge in [0.15, 0.2) is 0 Å². The van der Waals surface area contributed by atoms with Crippen LogP contribution in [0.3, 0.4) is 0 Å². The summed E-state index contributed by atoms with van der Waals surface area (Å²) in [6.07, 6.45) is 6.13. The van der Waals surface area contributed by atoms with Crippen LogP contribution in [-0.4, -0.2) is 24.5 Å². The van der Waals surface area contributed by atoms with Gasteiger partial charge in [-0.3, -0.25) is 4.90 Å². The molecule has 1 aromatic carbocycles. The van der Waals surface area contributed by atoms with Crippen molar-refractivity contribution in [2.75, 3.05) is 13.6 Å². The number of hydrogen-bond acceptors (Lipinski definition) is 1. The van der Waals surface area contributed by atoms with Gasteiger partial charge in [0.25, 0.3) is 0 Å². The molecule has 3 atom stereocenters. The molecular formula is C14H17N. The van der Waals surface area contributed by atoms with Crippen LogP contribution in [0.5, 0.6) is 0 Å². The average Bonchev–Trinajstić information content (AvgIpc) is 2.30. The highest BCUT2D eigenvalue weighted by molar-refractivity contribution is 5.27. The lowest BCUT2D eigenvalue weighted by Crippen LogP contribution is -2.47. The lowest BCUT2D eigenvalue weighted by Gasteiger charge is -2.45. The first kappa shape index (κ1) is 9.17. The molecule has 0 saturated carbocycles. The Morgan fingerprint density at radius 3 is 2.60 bits per heavy atom. The quantitative estimate of drug-likeness (QED) is 0.628. The SMILES string of the molecule is CN1CC2C=CC1C(c1ccccc1)C2. The lowest BCUT2D eigenvalue weighted by atomic mass is 9.75. The second kappa shape index (κ2) is 3.49. The monoisotopic (exact) mass is 199 g/mol. The highest BCUT2D eigenvalue weighted by atomic mass is 15.1. The van der Waals surface area contributed by atoms with Crippen LogP contribution in [0.4, 0.5) is 0 Å². The van der Waals surface area contributed by atoms with Gasteiger partial charge in [0.2, 0.25) is 0 Å². The van der Waals surface area contributed by atoms with E-state index in [9.17, 15) is 0 Å². The number of piperidine rings is 1. The number of fused-ring (bicyclic) bond motifs is 2. The molecule has 2 bridgehead atoms. The summed E-state index contributed by atoms with van der Waals surface area (Å²) in [6, 6.07) is 11.6. The van der Waals surface area contributed by atoms with Crippen LogP contribution < -0.4 is 0 Å². The van der Waals surface area contributed by atoms with E-state index in [1.807, 2.05) is 0 Å². The second-order valence-corrected chi connectivity index (χ2v) is 4.83. The van der Waals surface area contributed by atoms with Crippen molar-refractivity contribution in [3.8, 4) is 0 Å². The van der Waals surface area contributed by atoms with Crippen molar-refractivity contribution < 1.29 is 0 Å². The summed E-state index contributed by atoms with van der Waals surface area (Å²) in [5.74, 6) is 1.48. The maximum Gasteiger partial charge on any atom is 0.0344 e. The second-order valence-electron chi connectivity index (χ2n) is 4.83. The highest BCUT2D eigenvalue weighted by Crippen LogP contribution is 2.39. The summed E-state index contributed by atoms with van der Waals surface area (Å²) in [5, 5.41) is 0. The highest BCUT2D eigenvalue weighted by Gasteiger charge is 2.35. The minimum Gasteiger partial charge on any atom is -0.299 e. The predicted molar refractivity (Wildman–Crippen MR) is 62.8 cm³/mol. The van der Waals surface area contributed by atoms with Crippen LogP contribution >= 0.6 is 0 Å². The number of rotatable bonds is 1. The largest absolute Gasteiger partial charge is 0.299 e. The summed E-state index contributed by atoms with van der Waals surface area (Å²) in [6.45, 7) is 1.24. The smallest absolute Gasteiger partial charge is 0.0344 e.